The van der Waals surface area contributed by atoms with E-state index in [1.807, 2.05) is 10.9 Å². The zero-order valence-electron chi connectivity index (χ0n) is 16.4. The molecule has 3 aromatic rings. The molecule has 0 atom stereocenters. The normalized spacial score (nSPS) is 15.7. The van der Waals surface area contributed by atoms with E-state index in [1.165, 1.54) is 21.4 Å². The van der Waals surface area contributed by atoms with Crippen molar-refractivity contribution in [2.75, 3.05) is 18.0 Å². The van der Waals surface area contributed by atoms with Crippen molar-refractivity contribution in [3.05, 3.63) is 34.7 Å². The second kappa shape index (κ2) is 7.94. The number of nitrogens with zero attached hydrogens (tertiary/aromatic N) is 5. The number of hydrogen-bond donors (Lipinski definition) is 1. The molecule has 0 radical (unpaired) electrons. The summed E-state index contributed by atoms with van der Waals surface area (Å²) in [5, 5.41) is 9.37. The van der Waals surface area contributed by atoms with Crippen LogP contribution in [-0.4, -0.2) is 38.9 Å². The third-order valence-corrected chi connectivity index (χ3v) is 6.59. The molecule has 0 amide bonds. The number of aryl methyl sites for hydroxylation is 3. The fourth-order valence-electron chi connectivity index (χ4n) is 3.81. The van der Waals surface area contributed by atoms with Crippen molar-refractivity contribution in [3.8, 4) is 0 Å². The van der Waals surface area contributed by atoms with Crippen molar-refractivity contribution in [1.82, 2.24) is 25.1 Å². The van der Waals surface area contributed by atoms with E-state index >= 15 is 0 Å². The van der Waals surface area contributed by atoms with E-state index in [2.05, 4.69) is 52.3 Å². The Hall–Kier alpha value is -1.99. The van der Waals surface area contributed by atoms with E-state index in [0.717, 1.165) is 56.1 Å². The minimum absolute atomic E-state index is 0.554. The molecule has 3 aromatic heterocycles. The highest BCUT2D eigenvalue weighted by atomic mass is 32.1. The zero-order chi connectivity index (χ0) is 18.8. The smallest absolute Gasteiger partial charge is 0.141 e. The molecule has 0 aromatic carbocycles. The van der Waals surface area contributed by atoms with Crippen LogP contribution in [0.25, 0.3) is 10.2 Å². The molecular formula is C20H28N6S. The van der Waals surface area contributed by atoms with E-state index in [0.29, 0.717) is 6.04 Å². The van der Waals surface area contributed by atoms with Gasteiger partial charge in [-0.1, -0.05) is 6.92 Å². The van der Waals surface area contributed by atoms with Gasteiger partial charge in [0.05, 0.1) is 11.6 Å². The van der Waals surface area contributed by atoms with Crippen molar-refractivity contribution in [1.29, 1.82) is 0 Å². The Labute approximate surface area is 164 Å². The first kappa shape index (κ1) is 18.4. The molecule has 0 saturated carbocycles. The van der Waals surface area contributed by atoms with E-state index in [-0.39, 0.29) is 0 Å². The van der Waals surface area contributed by atoms with Crippen LogP contribution in [0, 0.1) is 13.8 Å². The van der Waals surface area contributed by atoms with E-state index < -0.39 is 0 Å². The summed E-state index contributed by atoms with van der Waals surface area (Å²) in [6.45, 7) is 10.5. The highest BCUT2D eigenvalue weighted by molar-refractivity contribution is 7.18. The number of fused-ring (bicyclic) bond motifs is 1. The molecular weight excluding hydrogens is 356 g/mol. The second-order valence-electron chi connectivity index (χ2n) is 7.41. The van der Waals surface area contributed by atoms with Crippen molar-refractivity contribution in [2.24, 2.45) is 0 Å². The molecule has 1 aliphatic rings. The van der Waals surface area contributed by atoms with Crippen LogP contribution in [0.3, 0.4) is 0 Å². The summed E-state index contributed by atoms with van der Waals surface area (Å²) < 4.78 is 2.03. The summed E-state index contributed by atoms with van der Waals surface area (Å²) in [5.41, 5.74) is 2.60. The number of aromatic nitrogens is 4. The first-order valence-corrected chi connectivity index (χ1v) is 10.7. The molecule has 4 rings (SSSR count). The van der Waals surface area contributed by atoms with Gasteiger partial charge in [-0.05, 0) is 38.7 Å². The van der Waals surface area contributed by atoms with E-state index in [9.17, 15) is 0 Å². The first-order valence-electron chi connectivity index (χ1n) is 9.86. The summed E-state index contributed by atoms with van der Waals surface area (Å²) in [4.78, 5) is 14.0. The fourth-order valence-corrected chi connectivity index (χ4v) is 4.80. The summed E-state index contributed by atoms with van der Waals surface area (Å²) >= 11 is 1.77. The minimum Gasteiger partial charge on any atom is -0.356 e. The zero-order valence-corrected chi connectivity index (χ0v) is 17.2. The maximum Gasteiger partial charge on any atom is 0.141 e. The Morgan fingerprint density at radius 3 is 2.81 bits per heavy atom. The molecule has 0 unspecified atom stereocenters. The van der Waals surface area contributed by atoms with Crippen LogP contribution in [0.4, 0.5) is 5.82 Å². The van der Waals surface area contributed by atoms with Crippen molar-refractivity contribution in [2.45, 2.75) is 59.2 Å². The monoisotopic (exact) mass is 384 g/mol. The highest BCUT2D eigenvalue weighted by Crippen LogP contribution is 2.35. The van der Waals surface area contributed by atoms with Crippen molar-refractivity contribution in [3.63, 3.8) is 0 Å². The molecule has 7 heteroatoms. The van der Waals surface area contributed by atoms with Gasteiger partial charge in [0.1, 0.15) is 17.0 Å². The van der Waals surface area contributed by atoms with E-state index in [4.69, 9.17) is 0 Å². The van der Waals surface area contributed by atoms with Gasteiger partial charge < -0.3 is 10.2 Å². The van der Waals surface area contributed by atoms with E-state index in [1.54, 1.807) is 17.7 Å². The average Bonchev–Trinajstić information content (AvgIpc) is 3.25. The summed E-state index contributed by atoms with van der Waals surface area (Å²) in [6.07, 6.45) is 9.24. The SMILES string of the molecule is CCCn1cc(CNC2CCN(c3ncnc4sc(C)c(C)c34)CC2)cn1. The van der Waals surface area contributed by atoms with Gasteiger partial charge in [0.25, 0.3) is 0 Å². The predicted molar refractivity (Wildman–Crippen MR) is 111 cm³/mol. The lowest BCUT2D eigenvalue weighted by atomic mass is 10.0. The molecule has 1 N–H and O–H groups in total. The van der Waals surface area contributed by atoms with Crippen LogP contribution in [0.5, 0.6) is 0 Å². The minimum atomic E-state index is 0.554. The predicted octanol–water partition coefficient (Wildman–Crippen LogP) is 3.67. The Morgan fingerprint density at radius 1 is 1.22 bits per heavy atom. The quantitative estimate of drug-likeness (QED) is 0.703. The van der Waals surface area contributed by atoms with Gasteiger partial charge in [0.15, 0.2) is 0 Å². The lowest BCUT2D eigenvalue weighted by molar-refractivity contribution is 0.413. The van der Waals surface area contributed by atoms with Gasteiger partial charge >= 0.3 is 0 Å². The first-order chi connectivity index (χ1) is 13.2. The molecule has 1 fully saturated rings. The van der Waals surface area contributed by atoms with Crippen LogP contribution in [0.2, 0.25) is 0 Å². The summed E-state index contributed by atoms with van der Waals surface area (Å²) in [5.74, 6) is 1.11. The van der Waals surface area contributed by atoms with Crippen LogP contribution >= 0.6 is 11.3 Å². The molecule has 1 aliphatic heterocycles. The van der Waals surface area contributed by atoms with Gasteiger partial charge in [0.2, 0.25) is 0 Å². The topological polar surface area (TPSA) is 58.9 Å². The number of rotatable bonds is 6. The molecule has 27 heavy (non-hydrogen) atoms. The third kappa shape index (κ3) is 3.84. The summed E-state index contributed by atoms with van der Waals surface area (Å²) in [6, 6.07) is 0.554. The second-order valence-corrected chi connectivity index (χ2v) is 8.62. The number of thiophene rings is 1. The molecule has 4 heterocycles. The lowest BCUT2D eigenvalue weighted by Gasteiger charge is -2.33. The Balaban J connectivity index is 1.36. The maximum atomic E-state index is 4.63. The van der Waals surface area contributed by atoms with Gasteiger partial charge in [0, 0.05) is 48.9 Å². The Morgan fingerprint density at radius 2 is 2.04 bits per heavy atom. The lowest BCUT2D eigenvalue weighted by Crippen LogP contribution is -2.42. The summed E-state index contributed by atoms with van der Waals surface area (Å²) in [7, 11) is 0. The van der Waals surface area contributed by atoms with Crippen LogP contribution < -0.4 is 10.2 Å². The van der Waals surface area contributed by atoms with Crippen LogP contribution in [-0.2, 0) is 13.1 Å². The van der Waals surface area contributed by atoms with Gasteiger partial charge in [-0.25, -0.2) is 9.97 Å². The van der Waals surface area contributed by atoms with Crippen molar-refractivity contribution >= 4 is 27.4 Å². The molecule has 0 spiro atoms. The number of anilines is 1. The standard InChI is InChI=1S/C20H28N6S/c1-4-7-26-12-16(11-24-26)10-21-17-5-8-25(9-6-17)19-18-14(2)15(3)27-20(18)23-13-22-19/h11-13,17,21H,4-10H2,1-3H3. The Kier molecular flexibility index (Phi) is 5.41. The van der Waals surface area contributed by atoms with Crippen LogP contribution in [0.15, 0.2) is 18.7 Å². The molecule has 0 bridgehead atoms. The number of hydrogen-bond acceptors (Lipinski definition) is 6. The fraction of sp³-hybridized carbons (Fsp3) is 0.550. The molecule has 6 nitrogen and oxygen atoms in total. The van der Waals surface area contributed by atoms with Gasteiger partial charge in [-0.2, -0.15) is 5.10 Å². The van der Waals surface area contributed by atoms with Crippen LogP contribution in [0.1, 0.15) is 42.2 Å². The maximum absolute atomic E-state index is 4.63. The Bertz CT molecular complexity index is 906. The highest BCUT2D eigenvalue weighted by Gasteiger charge is 2.23. The van der Waals surface area contributed by atoms with Gasteiger partial charge in [-0.15, -0.1) is 11.3 Å². The molecule has 144 valence electrons. The number of nitrogens with one attached hydrogen (secondary N) is 1. The largest absolute Gasteiger partial charge is 0.356 e. The third-order valence-electron chi connectivity index (χ3n) is 5.47. The molecule has 1 saturated heterocycles. The number of piperidine rings is 1. The van der Waals surface area contributed by atoms with Gasteiger partial charge in [-0.3, -0.25) is 4.68 Å². The average molecular weight is 385 g/mol. The van der Waals surface area contributed by atoms with Crippen molar-refractivity contribution < 1.29 is 0 Å². The molecule has 0 aliphatic carbocycles.